The molecule has 0 aliphatic carbocycles. The number of hydrogen-bond donors (Lipinski definition) is 1. The van der Waals surface area contributed by atoms with E-state index in [1.807, 2.05) is 0 Å². The second-order valence-corrected chi connectivity index (χ2v) is 9.32. The normalized spacial score (nSPS) is 15.4. The van der Waals surface area contributed by atoms with Gasteiger partial charge in [-0.1, -0.05) is 22.0 Å². The quantitative estimate of drug-likeness (QED) is 0.245. The van der Waals surface area contributed by atoms with Gasteiger partial charge in [-0.25, -0.2) is 8.78 Å². The third-order valence-electron chi connectivity index (χ3n) is 6.14. The van der Waals surface area contributed by atoms with Gasteiger partial charge in [-0.15, -0.1) is 0 Å². The largest absolute Gasteiger partial charge is 0.503 e. The molecule has 3 aromatic carbocycles. The van der Waals surface area contributed by atoms with Crippen LogP contribution in [0.1, 0.15) is 29.1 Å². The van der Waals surface area contributed by atoms with E-state index in [4.69, 9.17) is 13.9 Å². The number of aliphatic hydroxyl groups excluding tert-OH is 1. The summed E-state index contributed by atoms with van der Waals surface area (Å²) in [5.74, 6) is -4.21. The van der Waals surface area contributed by atoms with Crippen molar-refractivity contribution in [1.29, 1.82) is 0 Å². The summed E-state index contributed by atoms with van der Waals surface area (Å²) in [5.41, 5.74) is 0.442. The number of furan rings is 1. The minimum atomic E-state index is -1.22. The summed E-state index contributed by atoms with van der Waals surface area (Å²) in [5, 5.41) is 11.6. The van der Waals surface area contributed by atoms with Crippen molar-refractivity contribution in [3.05, 3.63) is 99.4 Å². The molecule has 1 unspecified atom stereocenters. The first kappa shape index (κ1) is 25.5. The molecule has 0 saturated carbocycles. The molecule has 1 aliphatic heterocycles. The van der Waals surface area contributed by atoms with Gasteiger partial charge in [0.1, 0.15) is 5.58 Å². The van der Waals surface area contributed by atoms with Gasteiger partial charge in [0.05, 0.1) is 25.3 Å². The van der Waals surface area contributed by atoms with Gasteiger partial charge in [0, 0.05) is 21.6 Å². The number of anilines is 1. The number of hydrogen-bond acceptors (Lipinski definition) is 6. The van der Waals surface area contributed by atoms with E-state index in [1.165, 1.54) is 19.2 Å². The number of nitrogens with zero attached hydrogens (tertiary/aromatic N) is 1. The molecule has 0 bridgehead atoms. The van der Waals surface area contributed by atoms with Gasteiger partial charge < -0.3 is 19.0 Å². The molecule has 0 spiro atoms. The molecule has 7 nitrogen and oxygen atoms in total. The number of rotatable bonds is 7. The van der Waals surface area contributed by atoms with E-state index in [0.29, 0.717) is 34.6 Å². The lowest BCUT2D eigenvalue weighted by atomic mass is 9.94. The first-order valence-electron chi connectivity index (χ1n) is 11.5. The summed E-state index contributed by atoms with van der Waals surface area (Å²) >= 11 is 3.37. The van der Waals surface area contributed by atoms with Gasteiger partial charge in [0.15, 0.2) is 34.7 Å². The number of ketones is 1. The fourth-order valence-electron chi connectivity index (χ4n) is 4.44. The van der Waals surface area contributed by atoms with Gasteiger partial charge in [-0.2, -0.15) is 0 Å². The molecule has 1 aliphatic rings. The van der Waals surface area contributed by atoms with Crippen LogP contribution in [0.3, 0.4) is 0 Å². The number of amides is 1. The van der Waals surface area contributed by atoms with Crippen LogP contribution in [0.15, 0.2) is 80.9 Å². The van der Waals surface area contributed by atoms with Crippen LogP contribution < -0.4 is 14.4 Å². The van der Waals surface area contributed by atoms with Crippen LogP contribution in [-0.4, -0.2) is 30.5 Å². The first-order chi connectivity index (χ1) is 18.2. The summed E-state index contributed by atoms with van der Waals surface area (Å²) in [7, 11) is 1.46. The van der Waals surface area contributed by atoms with E-state index in [9.17, 15) is 23.5 Å². The third-order valence-corrected chi connectivity index (χ3v) is 6.63. The van der Waals surface area contributed by atoms with E-state index in [-0.39, 0.29) is 17.0 Å². The molecule has 1 atom stereocenters. The number of Topliss-reactive ketones (excluding diaryl/α,β-unsaturated/α-hetero) is 1. The van der Waals surface area contributed by atoms with Crippen molar-refractivity contribution in [2.45, 2.75) is 13.0 Å². The van der Waals surface area contributed by atoms with E-state index < -0.39 is 35.1 Å². The topological polar surface area (TPSA) is 89.2 Å². The Bertz CT molecular complexity index is 1630. The van der Waals surface area contributed by atoms with Crippen LogP contribution in [0.25, 0.3) is 11.0 Å². The molecule has 1 N–H and O–H groups in total. The zero-order valence-electron chi connectivity index (χ0n) is 20.1. The van der Waals surface area contributed by atoms with Crippen LogP contribution in [0.4, 0.5) is 14.5 Å². The summed E-state index contributed by atoms with van der Waals surface area (Å²) in [6.07, 6.45) is 0. The van der Waals surface area contributed by atoms with Crippen molar-refractivity contribution < 1.29 is 37.4 Å². The summed E-state index contributed by atoms with van der Waals surface area (Å²) in [6, 6.07) is 13.1. The molecule has 10 heteroatoms. The highest BCUT2D eigenvalue weighted by Crippen LogP contribution is 2.44. The van der Waals surface area contributed by atoms with Crippen molar-refractivity contribution in [3.8, 4) is 11.5 Å². The predicted molar refractivity (Wildman–Crippen MR) is 139 cm³/mol. The van der Waals surface area contributed by atoms with Crippen molar-refractivity contribution in [2.24, 2.45) is 0 Å². The molecule has 38 heavy (non-hydrogen) atoms. The number of fused-ring (bicyclic) bond motifs is 1. The second kappa shape index (κ2) is 9.94. The molecule has 1 aromatic heterocycles. The Morgan fingerprint density at radius 3 is 2.55 bits per heavy atom. The Balaban J connectivity index is 1.69. The van der Waals surface area contributed by atoms with Crippen LogP contribution in [0, 0.1) is 11.6 Å². The number of methoxy groups -OCH3 is 1. The number of carbonyl (C=O) groups excluding carboxylic acids is 2. The van der Waals surface area contributed by atoms with E-state index in [0.717, 1.165) is 21.5 Å². The predicted octanol–water partition coefficient (Wildman–Crippen LogP) is 6.66. The Morgan fingerprint density at radius 1 is 1.05 bits per heavy atom. The van der Waals surface area contributed by atoms with Crippen molar-refractivity contribution in [1.82, 2.24) is 0 Å². The minimum absolute atomic E-state index is 0.0597. The highest BCUT2D eigenvalue weighted by molar-refractivity contribution is 9.10. The molecule has 194 valence electrons. The number of benzene rings is 3. The zero-order valence-corrected chi connectivity index (χ0v) is 21.7. The van der Waals surface area contributed by atoms with E-state index in [1.54, 1.807) is 43.3 Å². The van der Waals surface area contributed by atoms with Crippen molar-refractivity contribution >= 4 is 44.3 Å². The zero-order chi connectivity index (χ0) is 27.1. The maximum atomic E-state index is 14.2. The third kappa shape index (κ3) is 4.30. The summed E-state index contributed by atoms with van der Waals surface area (Å²) < 4.78 is 45.4. The SMILES string of the molecule is CCOc1cc(C2C(C(=O)c3cc4cc(Br)ccc4o3)=C(O)C(=O)N2c2ccc(F)c(F)c2)ccc1OC. The number of carbonyl (C=O) groups is 2. The molecule has 2 heterocycles. The highest BCUT2D eigenvalue weighted by atomic mass is 79.9. The lowest BCUT2D eigenvalue weighted by Crippen LogP contribution is -2.31. The van der Waals surface area contributed by atoms with Crippen LogP contribution in [0.5, 0.6) is 11.5 Å². The molecule has 0 saturated heterocycles. The highest BCUT2D eigenvalue weighted by Gasteiger charge is 2.46. The number of ether oxygens (including phenoxy) is 2. The Labute approximate surface area is 224 Å². The monoisotopic (exact) mass is 583 g/mol. The average molecular weight is 584 g/mol. The van der Waals surface area contributed by atoms with Crippen molar-refractivity contribution in [2.75, 3.05) is 18.6 Å². The van der Waals surface area contributed by atoms with Gasteiger partial charge in [-0.3, -0.25) is 14.5 Å². The fourth-order valence-corrected chi connectivity index (χ4v) is 4.82. The molecule has 1 amide bonds. The molecule has 5 rings (SSSR count). The van der Waals surface area contributed by atoms with Gasteiger partial charge >= 0.3 is 0 Å². The molecular formula is C28H20BrF2NO6. The summed E-state index contributed by atoms with van der Waals surface area (Å²) in [6.45, 7) is 2.08. The molecule has 4 aromatic rings. The molecule has 0 fully saturated rings. The maximum Gasteiger partial charge on any atom is 0.294 e. The van der Waals surface area contributed by atoms with Crippen LogP contribution in [-0.2, 0) is 4.79 Å². The lowest BCUT2D eigenvalue weighted by molar-refractivity contribution is -0.117. The lowest BCUT2D eigenvalue weighted by Gasteiger charge is -2.27. The maximum absolute atomic E-state index is 14.2. The molecular weight excluding hydrogens is 564 g/mol. The Morgan fingerprint density at radius 2 is 1.84 bits per heavy atom. The first-order valence-corrected chi connectivity index (χ1v) is 12.3. The van der Waals surface area contributed by atoms with Crippen LogP contribution in [0.2, 0.25) is 0 Å². The second-order valence-electron chi connectivity index (χ2n) is 8.40. The van der Waals surface area contributed by atoms with Gasteiger partial charge in [-0.05, 0) is 61.0 Å². The van der Waals surface area contributed by atoms with Gasteiger partial charge in [0.25, 0.3) is 5.91 Å². The number of halogens is 3. The van der Waals surface area contributed by atoms with Crippen molar-refractivity contribution in [3.63, 3.8) is 0 Å². The number of aliphatic hydroxyl groups is 1. The fraction of sp³-hybridized carbons (Fsp3) is 0.143. The smallest absolute Gasteiger partial charge is 0.294 e. The summed E-state index contributed by atoms with van der Waals surface area (Å²) in [4.78, 5) is 28.1. The average Bonchev–Trinajstić information content (AvgIpc) is 3.44. The van der Waals surface area contributed by atoms with E-state index >= 15 is 0 Å². The molecule has 0 radical (unpaired) electrons. The minimum Gasteiger partial charge on any atom is -0.503 e. The Kier molecular flexibility index (Phi) is 6.66. The van der Waals surface area contributed by atoms with Crippen LogP contribution >= 0.6 is 15.9 Å². The standard InChI is InChI=1S/C28H20BrF2NO6/c1-3-37-22-11-14(4-8-21(22)36-2)25-24(26(33)23-12-15-10-16(29)5-9-20(15)38-23)27(34)28(35)32(25)17-6-7-18(30)19(31)13-17/h4-13,25,34H,3H2,1-2H3. The van der Waals surface area contributed by atoms with E-state index in [2.05, 4.69) is 15.9 Å². The Hall–Kier alpha value is -4.18. The van der Waals surface area contributed by atoms with Gasteiger partial charge in [0.2, 0.25) is 5.78 Å².